The summed E-state index contributed by atoms with van der Waals surface area (Å²) in [5, 5.41) is 13.1. The molecule has 6 heteroatoms. The van der Waals surface area contributed by atoms with Crippen molar-refractivity contribution in [1.29, 1.82) is 0 Å². The van der Waals surface area contributed by atoms with Gasteiger partial charge in [0.15, 0.2) is 23.3 Å². The number of hydrogen-bond acceptors (Lipinski definition) is 4. The number of nitrogen functional groups attached to an aromatic ring is 1. The van der Waals surface area contributed by atoms with Crippen LogP contribution in [0.4, 0.5) is 20.4 Å². The Morgan fingerprint density at radius 1 is 1.53 bits per heavy atom. The summed E-state index contributed by atoms with van der Waals surface area (Å²) >= 11 is 0. The monoisotopic (exact) mass is 271 g/mol. The van der Waals surface area contributed by atoms with E-state index in [1.165, 1.54) is 0 Å². The van der Waals surface area contributed by atoms with Gasteiger partial charge in [-0.3, -0.25) is 0 Å². The molecule has 2 rings (SSSR count). The Hall–Kier alpha value is -1.43. The molecule has 0 saturated heterocycles. The Kier molecular flexibility index (Phi) is 3.89. The topological polar surface area (TPSA) is 71.2 Å². The highest BCUT2D eigenvalue weighted by molar-refractivity contribution is 5.45. The molecule has 1 heterocycles. The minimum absolute atomic E-state index is 0.120. The van der Waals surface area contributed by atoms with Crippen molar-refractivity contribution in [3.8, 4) is 0 Å². The van der Waals surface area contributed by atoms with Crippen molar-refractivity contribution in [2.75, 3.05) is 17.6 Å². The van der Waals surface area contributed by atoms with Gasteiger partial charge in [-0.15, -0.1) is 0 Å². The van der Waals surface area contributed by atoms with Crippen LogP contribution in [0.2, 0.25) is 0 Å². The highest BCUT2D eigenvalue weighted by atomic mass is 19.1. The number of nitrogens with zero attached hydrogens (tertiary/aromatic N) is 1. The van der Waals surface area contributed by atoms with Crippen molar-refractivity contribution in [1.82, 2.24) is 4.98 Å². The quantitative estimate of drug-likeness (QED) is 0.789. The van der Waals surface area contributed by atoms with Gasteiger partial charge in [0.05, 0.1) is 5.60 Å². The van der Waals surface area contributed by atoms with E-state index in [9.17, 15) is 13.9 Å². The smallest absolute Gasteiger partial charge is 0.168 e. The van der Waals surface area contributed by atoms with E-state index in [-0.39, 0.29) is 18.2 Å². The molecule has 4 nitrogen and oxygen atoms in total. The lowest BCUT2D eigenvalue weighted by Crippen LogP contribution is -2.41. The van der Waals surface area contributed by atoms with Crippen LogP contribution in [0.1, 0.15) is 32.6 Å². The first-order valence-corrected chi connectivity index (χ1v) is 6.47. The number of hydrogen-bond donors (Lipinski definition) is 3. The van der Waals surface area contributed by atoms with E-state index >= 15 is 0 Å². The van der Waals surface area contributed by atoms with Crippen LogP contribution in [0.5, 0.6) is 0 Å². The minimum Gasteiger partial charge on any atom is -0.388 e. The summed E-state index contributed by atoms with van der Waals surface area (Å²) in [6, 6.07) is 0.693. The van der Waals surface area contributed by atoms with Gasteiger partial charge in [0, 0.05) is 12.6 Å². The molecule has 0 bridgehead atoms. The highest BCUT2D eigenvalue weighted by Gasteiger charge is 2.32. The maximum Gasteiger partial charge on any atom is 0.168 e. The Balaban J connectivity index is 2.04. The molecule has 2 atom stereocenters. The van der Waals surface area contributed by atoms with Crippen molar-refractivity contribution in [3.05, 3.63) is 17.7 Å². The van der Waals surface area contributed by atoms with Crippen molar-refractivity contribution < 1.29 is 13.9 Å². The third-order valence-electron chi connectivity index (χ3n) is 3.61. The largest absolute Gasteiger partial charge is 0.388 e. The number of nitrogens with two attached hydrogens (primary N) is 1. The van der Waals surface area contributed by atoms with Gasteiger partial charge in [0.25, 0.3) is 0 Å². The predicted octanol–water partition coefficient (Wildman–Crippen LogP) is 2.30. The Morgan fingerprint density at radius 2 is 2.26 bits per heavy atom. The van der Waals surface area contributed by atoms with Crippen molar-refractivity contribution in [3.63, 3.8) is 0 Å². The number of nitrogens with one attached hydrogen (secondary N) is 1. The molecule has 0 radical (unpaired) electrons. The second-order valence-electron chi connectivity index (χ2n) is 5.47. The third kappa shape index (κ3) is 3.32. The van der Waals surface area contributed by atoms with Crippen LogP contribution in [-0.2, 0) is 0 Å². The maximum absolute atomic E-state index is 13.5. The SMILES string of the molecule is CC1CCCC(O)(CNc2nc(N)c(F)cc2F)C1. The molecule has 1 aliphatic rings. The number of aliphatic hydroxyl groups is 1. The van der Waals surface area contributed by atoms with Gasteiger partial charge < -0.3 is 16.2 Å². The molecule has 1 aromatic heterocycles. The number of halogens is 2. The van der Waals surface area contributed by atoms with E-state index in [1.807, 2.05) is 0 Å². The number of aromatic nitrogens is 1. The summed E-state index contributed by atoms with van der Waals surface area (Å²) < 4.78 is 26.5. The zero-order chi connectivity index (χ0) is 14.0. The molecule has 1 saturated carbocycles. The fraction of sp³-hybridized carbons (Fsp3) is 0.615. The fourth-order valence-electron chi connectivity index (χ4n) is 2.65. The summed E-state index contributed by atoms with van der Waals surface area (Å²) in [5.74, 6) is -1.72. The van der Waals surface area contributed by atoms with Crippen LogP contribution in [0, 0.1) is 17.6 Å². The summed E-state index contributed by atoms with van der Waals surface area (Å²) in [5.41, 5.74) is 4.43. The normalized spacial score (nSPS) is 27.3. The van der Waals surface area contributed by atoms with Crippen LogP contribution >= 0.6 is 0 Å². The Morgan fingerprint density at radius 3 is 2.95 bits per heavy atom. The summed E-state index contributed by atoms with van der Waals surface area (Å²) in [7, 11) is 0. The predicted molar refractivity (Wildman–Crippen MR) is 69.6 cm³/mol. The third-order valence-corrected chi connectivity index (χ3v) is 3.61. The number of pyridine rings is 1. The van der Waals surface area contributed by atoms with Crippen LogP contribution in [0.3, 0.4) is 0 Å². The van der Waals surface area contributed by atoms with Crippen molar-refractivity contribution in [2.24, 2.45) is 5.92 Å². The lowest BCUT2D eigenvalue weighted by atomic mass is 9.79. The van der Waals surface area contributed by atoms with Gasteiger partial charge in [-0.05, 0) is 18.8 Å². The lowest BCUT2D eigenvalue weighted by Gasteiger charge is -2.35. The number of rotatable bonds is 3. The van der Waals surface area contributed by atoms with E-state index in [2.05, 4.69) is 17.2 Å². The molecule has 1 aliphatic carbocycles. The average molecular weight is 271 g/mol. The molecule has 19 heavy (non-hydrogen) atoms. The van der Waals surface area contributed by atoms with Crippen molar-refractivity contribution >= 4 is 11.6 Å². The van der Waals surface area contributed by atoms with E-state index < -0.39 is 17.2 Å². The van der Waals surface area contributed by atoms with Crippen molar-refractivity contribution in [2.45, 2.75) is 38.2 Å². The van der Waals surface area contributed by atoms with Crippen LogP contribution < -0.4 is 11.1 Å². The molecule has 1 fully saturated rings. The summed E-state index contributed by atoms with van der Waals surface area (Å²) in [6.07, 6.45) is 3.38. The maximum atomic E-state index is 13.5. The lowest BCUT2D eigenvalue weighted by molar-refractivity contribution is -0.000870. The zero-order valence-electron chi connectivity index (χ0n) is 10.9. The number of anilines is 2. The zero-order valence-corrected chi connectivity index (χ0v) is 10.9. The highest BCUT2D eigenvalue weighted by Crippen LogP contribution is 2.32. The molecule has 106 valence electrons. The summed E-state index contributed by atoms with van der Waals surface area (Å²) in [4.78, 5) is 3.61. The average Bonchev–Trinajstić information content (AvgIpc) is 2.32. The molecule has 2 unspecified atom stereocenters. The van der Waals surface area contributed by atoms with Gasteiger partial charge in [0.1, 0.15) is 0 Å². The van der Waals surface area contributed by atoms with Gasteiger partial charge in [-0.1, -0.05) is 19.8 Å². The molecule has 4 N–H and O–H groups in total. The second kappa shape index (κ2) is 5.28. The van der Waals surface area contributed by atoms with Crippen LogP contribution in [0.15, 0.2) is 6.07 Å². The van der Waals surface area contributed by atoms with Crippen LogP contribution in [-0.4, -0.2) is 22.2 Å². The Bertz CT molecular complexity index is 469. The first kappa shape index (κ1) is 14.0. The second-order valence-corrected chi connectivity index (χ2v) is 5.47. The molecular formula is C13H19F2N3O. The molecule has 0 aliphatic heterocycles. The van der Waals surface area contributed by atoms with E-state index in [4.69, 9.17) is 5.73 Å². The van der Waals surface area contributed by atoms with Gasteiger partial charge in [-0.25, -0.2) is 13.8 Å². The summed E-state index contributed by atoms with van der Waals surface area (Å²) in [6.45, 7) is 2.27. The molecule has 0 spiro atoms. The van der Waals surface area contributed by atoms with E-state index in [0.29, 0.717) is 24.8 Å². The standard InChI is InChI=1S/C13H19F2N3O/c1-8-3-2-4-13(19,6-8)7-17-12-10(15)5-9(14)11(16)18-12/h5,8,19H,2-4,6-7H2,1H3,(H3,16,17,18). The molecule has 0 amide bonds. The van der Waals surface area contributed by atoms with E-state index in [1.54, 1.807) is 0 Å². The van der Waals surface area contributed by atoms with Crippen LogP contribution in [0.25, 0.3) is 0 Å². The molecule has 0 aromatic carbocycles. The first-order chi connectivity index (χ1) is 8.89. The van der Waals surface area contributed by atoms with Gasteiger partial charge in [-0.2, -0.15) is 0 Å². The first-order valence-electron chi connectivity index (χ1n) is 6.47. The molecule has 1 aromatic rings. The van der Waals surface area contributed by atoms with Gasteiger partial charge in [0.2, 0.25) is 0 Å². The minimum atomic E-state index is -0.881. The Labute approximate surface area is 111 Å². The molecular weight excluding hydrogens is 252 g/mol. The van der Waals surface area contributed by atoms with E-state index in [0.717, 1.165) is 12.8 Å². The fourth-order valence-corrected chi connectivity index (χ4v) is 2.65. The van der Waals surface area contributed by atoms with Gasteiger partial charge >= 0.3 is 0 Å².